The highest BCUT2D eigenvalue weighted by Crippen LogP contribution is 2.31. The second kappa shape index (κ2) is 6.79. The number of benzene rings is 1. The molecule has 0 aliphatic rings. The summed E-state index contributed by atoms with van der Waals surface area (Å²) >= 11 is 3.06. The fraction of sp³-hybridized carbons (Fsp3) is 0.500. The summed E-state index contributed by atoms with van der Waals surface area (Å²) in [4.78, 5) is 12.0. The van der Waals surface area contributed by atoms with E-state index in [4.69, 9.17) is 0 Å². The molecule has 0 spiro atoms. The number of rotatable bonds is 5. The van der Waals surface area contributed by atoms with Crippen molar-refractivity contribution in [2.75, 3.05) is 6.54 Å². The van der Waals surface area contributed by atoms with Crippen LogP contribution in [0.3, 0.4) is 0 Å². The Morgan fingerprint density at radius 1 is 1.29 bits per heavy atom. The minimum atomic E-state index is -4.51. The van der Waals surface area contributed by atoms with Gasteiger partial charge in [-0.15, -0.1) is 0 Å². The zero-order chi connectivity index (χ0) is 16.3. The van der Waals surface area contributed by atoms with Gasteiger partial charge in [0.05, 0.1) is 16.7 Å². The van der Waals surface area contributed by atoms with Crippen molar-refractivity contribution in [3.63, 3.8) is 0 Å². The largest absolute Gasteiger partial charge is 0.416 e. The van der Waals surface area contributed by atoms with E-state index in [0.717, 1.165) is 12.1 Å². The molecule has 0 aliphatic carbocycles. The first kappa shape index (κ1) is 18.0. The topological polar surface area (TPSA) is 49.3 Å². The maximum Gasteiger partial charge on any atom is 0.416 e. The Balaban J connectivity index is 2.93. The molecule has 1 aromatic rings. The number of carbonyl (C=O) groups is 1. The Labute approximate surface area is 129 Å². The second-order valence-corrected chi connectivity index (χ2v) is 5.66. The van der Waals surface area contributed by atoms with Crippen molar-refractivity contribution < 1.29 is 23.1 Å². The first-order chi connectivity index (χ1) is 9.63. The quantitative estimate of drug-likeness (QED) is 0.832. The number of carbonyl (C=O) groups excluding carboxylic acids is 1. The molecule has 118 valence electrons. The molecule has 0 aliphatic heterocycles. The standard InChI is InChI=1S/C14H17BrF3NO2/c1-3-13(21,4-2)8-19-12(20)10-7-9(14(16,17)18)5-6-11(10)15/h5-7,21H,3-4,8H2,1-2H3,(H,19,20). The molecule has 0 radical (unpaired) electrons. The van der Waals surface area contributed by atoms with Crippen LogP contribution >= 0.6 is 15.9 Å². The van der Waals surface area contributed by atoms with E-state index in [1.54, 1.807) is 13.8 Å². The van der Waals surface area contributed by atoms with Gasteiger partial charge < -0.3 is 10.4 Å². The number of alkyl halides is 3. The molecule has 1 rings (SSSR count). The Morgan fingerprint density at radius 2 is 1.86 bits per heavy atom. The zero-order valence-electron chi connectivity index (χ0n) is 11.7. The lowest BCUT2D eigenvalue weighted by molar-refractivity contribution is -0.137. The van der Waals surface area contributed by atoms with Crippen molar-refractivity contribution in [1.29, 1.82) is 0 Å². The molecular weight excluding hydrogens is 351 g/mol. The van der Waals surface area contributed by atoms with Crippen LogP contribution in [-0.4, -0.2) is 23.2 Å². The predicted molar refractivity (Wildman–Crippen MR) is 77.0 cm³/mol. The number of hydrogen-bond donors (Lipinski definition) is 2. The average Bonchev–Trinajstić information content (AvgIpc) is 2.43. The molecule has 0 heterocycles. The third-order valence-corrected chi connectivity index (χ3v) is 4.12. The number of hydrogen-bond acceptors (Lipinski definition) is 2. The van der Waals surface area contributed by atoms with Crippen molar-refractivity contribution >= 4 is 21.8 Å². The van der Waals surface area contributed by atoms with Crippen molar-refractivity contribution in [2.45, 2.75) is 38.5 Å². The monoisotopic (exact) mass is 367 g/mol. The van der Waals surface area contributed by atoms with E-state index < -0.39 is 23.2 Å². The third-order valence-electron chi connectivity index (χ3n) is 3.43. The van der Waals surface area contributed by atoms with Crippen LogP contribution in [0.5, 0.6) is 0 Å². The van der Waals surface area contributed by atoms with Crippen LogP contribution in [-0.2, 0) is 6.18 Å². The summed E-state index contributed by atoms with van der Waals surface area (Å²) in [6, 6.07) is 2.87. The SMILES string of the molecule is CCC(O)(CC)CNC(=O)c1cc(C(F)(F)F)ccc1Br. The highest BCUT2D eigenvalue weighted by Gasteiger charge is 2.32. The summed E-state index contributed by atoms with van der Waals surface area (Å²) in [5.41, 5.74) is -2.06. The van der Waals surface area contributed by atoms with Gasteiger partial charge in [0.2, 0.25) is 0 Å². The smallest absolute Gasteiger partial charge is 0.388 e. The highest BCUT2D eigenvalue weighted by molar-refractivity contribution is 9.10. The number of amides is 1. The van der Waals surface area contributed by atoms with Crippen LogP contribution in [0.4, 0.5) is 13.2 Å². The van der Waals surface area contributed by atoms with Crippen molar-refractivity contribution in [3.8, 4) is 0 Å². The van der Waals surface area contributed by atoms with Gasteiger partial charge >= 0.3 is 6.18 Å². The number of nitrogens with one attached hydrogen (secondary N) is 1. The third kappa shape index (κ3) is 4.71. The minimum Gasteiger partial charge on any atom is -0.388 e. The molecule has 0 saturated carbocycles. The molecule has 0 bridgehead atoms. The number of halogens is 4. The van der Waals surface area contributed by atoms with Crippen molar-refractivity contribution in [1.82, 2.24) is 5.32 Å². The van der Waals surface area contributed by atoms with E-state index in [0.29, 0.717) is 12.8 Å². The summed E-state index contributed by atoms with van der Waals surface area (Å²) in [5, 5.41) is 12.5. The maximum absolute atomic E-state index is 12.7. The first-order valence-electron chi connectivity index (χ1n) is 6.50. The summed E-state index contributed by atoms with van der Waals surface area (Å²) < 4.78 is 38.2. The molecule has 0 saturated heterocycles. The lowest BCUT2D eigenvalue weighted by atomic mass is 9.97. The van der Waals surface area contributed by atoms with E-state index in [9.17, 15) is 23.1 Å². The van der Waals surface area contributed by atoms with Crippen LogP contribution < -0.4 is 5.32 Å². The molecule has 0 aromatic heterocycles. The molecule has 7 heteroatoms. The fourth-order valence-electron chi connectivity index (χ4n) is 1.72. The van der Waals surface area contributed by atoms with Crippen LogP contribution in [0.25, 0.3) is 0 Å². The van der Waals surface area contributed by atoms with E-state index in [-0.39, 0.29) is 16.6 Å². The van der Waals surface area contributed by atoms with Gasteiger partial charge in [0.25, 0.3) is 5.91 Å². The molecular formula is C14H17BrF3NO2. The minimum absolute atomic E-state index is 0.0124. The highest BCUT2D eigenvalue weighted by atomic mass is 79.9. The van der Waals surface area contributed by atoms with Crippen LogP contribution in [0.1, 0.15) is 42.6 Å². The van der Waals surface area contributed by atoms with Gasteiger partial charge in [0.15, 0.2) is 0 Å². The van der Waals surface area contributed by atoms with Gasteiger partial charge in [0.1, 0.15) is 0 Å². The van der Waals surface area contributed by atoms with Gasteiger partial charge in [0, 0.05) is 11.0 Å². The molecule has 0 atom stereocenters. The Hall–Kier alpha value is -1.08. The molecule has 3 nitrogen and oxygen atoms in total. The molecule has 2 N–H and O–H groups in total. The summed E-state index contributed by atoms with van der Waals surface area (Å²) in [7, 11) is 0. The van der Waals surface area contributed by atoms with Gasteiger partial charge in [-0.2, -0.15) is 13.2 Å². The van der Waals surface area contributed by atoms with Crippen LogP contribution in [0.15, 0.2) is 22.7 Å². The van der Waals surface area contributed by atoms with Gasteiger partial charge in [-0.25, -0.2) is 0 Å². The Kier molecular flexibility index (Phi) is 5.81. The van der Waals surface area contributed by atoms with Gasteiger partial charge in [-0.1, -0.05) is 13.8 Å². The molecule has 0 unspecified atom stereocenters. The Morgan fingerprint density at radius 3 is 2.33 bits per heavy atom. The van der Waals surface area contributed by atoms with Crippen LogP contribution in [0, 0.1) is 0 Å². The summed E-state index contributed by atoms with van der Waals surface area (Å²) in [6.45, 7) is 3.53. The first-order valence-corrected chi connectivity index (χ1v) is 7.29. The van der Waals surface area contributed by atoms with Gasteiger partial charge in [-0.05, 0) is 47.0 Å². The van der Waals surface area contributed by atoms with Crippen LogP contribution in [0.2, 0.25) is 0 Å². The predicted octanol–water partition coefficient (Wildman–Crippen LogP) is 3.75. The zero-order valence-corrected chi connectivity index (χ0v) is 13.3. The van der Waals surface area contributed by atoms with Crippen molar-refractivity contribution in [3.05, 3.63) is 33.8 Å². The fourth-order valence-corrected chi connectivity index (χ4v) is 2.14. The molecule has 0 fully saturated rings. The summed E-state index contributed by atoms with van der Waals surface area (Å²) in [5.74, 6) is -0.659. The lowest BCUT2D eigenvalue weighted by Gasteiger charge is -2.25. The second-order valence-electron chi connectivity index (χ2n) is 4.81. The van der Waals surface area contributed by atoms with E-state index in [1.807, 2.05) is 0 Å². The normalized spacial score (nSPS) is 12.3. The Bertz CT molecular complexity index is 513. The van der Waals surface area contributed by atoms with E-state index in [2.05, 4.69) is 21.2 Å². The van der Waals surface area contributed by atoms with E-state index >= 15 is 0 Å². The maximum atomic E-state index is 12.7. The lowest BCUT2D eigenvalue weighted by Crippen LogP contribution is -2.42. The van der Waals surface area contributed by atoms with Gasteiger partial charge in [-0.3, -0.25) is 4.79 Å². The molecule has 1 aromatic carbocycles. The van der Waals surface area contributed by atoms with Crippen molar-refractivity contribution in [2.24, 2.45) is 0 Å². The molecule has 1 amide bonds. The summed E-state index contributed by atoms with van der Waals surface area (Å²) in [6.07, 6.45) is -3.63. The number of aliphatic hydroxyl groups is 1. The van der Waals surface area contributed by atoms with E-state index in [1.165, 1.54) is 6.07 Å². The average molecular weight is 368 g/mol. The molecule has 21 heavy (non-hydrogen) atoms.